The number of nitrogens with zero attached hydrogens (tertiary/aromatic N) is 2. The molecule has 1 amide bonds. The predicted octanol–water partition coefficient (Wildman–Crippen LogP) is 4.94. The Morgan fingerprint density at radius 3 is 2.56 bits per heavy atom. The molecule has 0 atom stereocenters. The molecule has 0 aliphatic rings. The second-order valence-electron chi connectivity index (χ2n) is 8.24. The molecule has 1 heterocycles. The van der Waals surface area contributed by atoms with Gasteiger partial charge >= 0.3 is 0 Å². The van der Waals surface area contributed by atoms with Gasteiger partial charge in [-0.3, -0.25) is 4.79 Å². The molecule has 1 aromatic heterocycles. The monoisotopic (exact) mass is 457 g/mol. The standard InChI is InChI=1S/C28H31N3O3/c1-22-10-9-13-24(20-22)33-19-8-7-18-31-26-15-6-5-14-25(26)30-27(31)16-17-29-28(32)21-34-23-11-3-2-4-12-23/h2-6,9-15,20H,7-8,16-19,21H2,1H3,(H,29,32). The molecular weight excluding hydrogens is 426 g/mol. The summed E-state index contributed by atoms with van der Waals surface area (Å²) in [6.07, 6.45) is 2.59. The van der Waals surface area contributed by atoms with Crippen LogP contribution in [-0.4, -0.2) is 35.2 Å². The van der Waals surface area contributed by atoms with Gasteiger partial charge < -0.3 is 19.4 Å². The predicted molar refractivity (Wildman–Crippen MR) is 134 cm³/mol. The minimum absolute atomic E-state index is 0.00136. The van der Waals surface area contributed by atoms with Crippen molar-refractivity contribution in [1.82, 2.24) is 14.9 Å². The fraction of sp³-hybridized carbons (Fsp3) is 0.286. The lowest BCUT2D eigenvalue weighted by molar-refractivity contribution is -0.123. The fourth-order valence-electron chi connectivity index (χ4n) is 3.86. The Morgan fingerprint density at radius 1 is 0.912 bits per heavy atom. The van der Waals surface area contributed by atoms with Crippen molar-refractivity contribution in [3.05, 3.63) is 90.3 Å². The number of fused-ring (bicyclic) bond motifs is 1. The first-order chi connectivity index (χ1) is 16.7. The Kier molecular flexibility index (Phi) is 8.17. The van der Waals surface area contributed by atoms with Crippen molar-refractivity contribution in [3.8, 4) is 11.5 Å². The lowest BCUT2D eigenvalue weighted by Crippen LogP contribution is -2.31. The average Bonchev–Trinajstić information content (AvgIpc) is 3.20. The highest BCUT2D eigenvalue weighted by Crippen LogP contribution is 2.18. The van der Waals surface area contributed by atoms with Crippen molar-refractivity contribution in [3.63, 3.8) is 0 Å². The minimum atomic E-state index is -0.139. The normalized spacial score (nSPS) is 10.9. The van der Waals surface area contributed by atoms with E-state index in [1.165, 1.54) is 5.56 Å². The Balaban J connectivity index is 1.27. The van der Waals surface area contributed by atoms with Crippen LogP contribution in [0.2, 0.25) is 0 Å². The molecule has 176 valence electrons. The van der Waals surface area contributed by atoms with E-state index in [1.54, 1.807) is 0 Å². The first kappa shape index (κ1) is 23.4. The summed E-state index contributed by atoms with van der Waals surface area (Å²) in [5.74, 6) is 2.44. The minimum Gasteiger partial charge on any atom is -0.494 e. The molecule has 0 bridgehead atoms. The van der Waals surface area contributed by atoms with E-state index in [1.807, 2.05) is 60.7 Å². The largest absolute Gasteiger partial charge is 0.494 e. The Bertz CT molecular complexity index is 1200. The second kappa shape index (κ2) is 11.9. The van der Waals surface area contributed by atoms with Crippen LogP contribution in [0.5, 0.6) is 11.5 Å². The van der Waals surface area contributed by atoms with Crippen LogP contribution >= 0.6 is 0 Å². The number of aromatic nitrogens is 2. The van der Waals surface area contributed by atoms with Crippen molar-refractivity contribution in [2.24, 2.45) is 0 Å². The second-order valence-corrected chi connectivity index (χ2v) is 8.24. The van der Waals surface area contributed by atoms with E-state index in [2.05, 4.69) is 35.0 Å². The van der Waals surface area contributed by atoms with Gasteiger partial charge in [-0.1, -0.05) is 42.5 Å². The number of hydrogen-bond donors (Lipinski definition) is 1. The van der Waals surface area contributed by atoms with Gasteiger partial charge in [0.2, 0.25) is 0 Å². The molecule has 0 saturated carbocycles. The van der Waals surface area contributed by atoms with Crippen LogP contribution in [0.1, 0.15) is 24.2 Å². The molecule has 0 spiro atoms. The van der Waals surface area contributed by atoms with Crippen LogP contribution < -0.4 is 14.8 Å². The third-order valence-electron chi connectivity index (χ3n) is 5.55. The number of amides is 1. The van der Waals surface area contributed by atoms with Gasteiger partial charge in [0.05, 0.1) is 17.6 Å². The summed E-state index contributed by atoms with van der Waals surface area (Å²) < 4.78 is 13.7. The summed E-state index contributed by atoms with van der Waals surface area (Å²) in [4.78, 5) is 17.0. The summed E-state index contributed by atoms with van der Waals surface area (Å²) in [7, 11) is 0. The zero-order chi connectivity index (χ0) is 23.6. The van der Waals surface area contributed by atoms with Gasteiger partial charge in [-0.25, -0.2) is 4.98 Å². The third kappa shape index (κ3) is 6.61. The van der Waals surface area contributed by atoms with Crippen molar-refractivity contribution >= 4 is 16.9 Å². The van der Waals surface area contributed by atoms with Gasteiger partial charge in [-0.05, 0) is 61.7 Å². The van der Waals surface area contributed by atoms with Crippen molar-refractivity contribution in [2.45, 2.75) is 32.7 Å². The van der Waals surface area contributed by atoms with Crippen LogP contribution in [0.15, 0.2) is 78.9 Å². The summed E-state index contributed by atoms with van der Waals surface area (Å²) in [6, 6.07) is 25.6. The molecule has 0 fully saturated rings. The van der Waals surface area contributed by atoms with Gasteiger partial charge in [-0.15, -0.1) is 0 Å². The molecule has 6 nitrogen and oxygen atoms in total. The lowest BCUT2D eigenvalue weighted by atomic mass is 10.2. The molecule has 0 saturated heterocycles. The van der Waals surface area contributed by atoms with E-state index < -0.39 is 0 Å². The molecule has 34 heavy (non-hydrogen) atoms. The van der Waals surface area contributed by atoms with E-state index in [9.17, 15) is 4.79 Å². The Morgan fingerprint density at radius 2 is 1.71 bits per heavy atom. The van der Waals surface area contributed by atoms with E-state index in [4.69, 9.17) is 14.5 Å². The van der Waals surface area contributed by atoms with Crippen LogP contribution in [0.4, 0.5) is 0 Å². The summed E-state index contributed by atoms with van der Waals surface area (Å²) in [6.45, 7) is 4.12. The number of hydrogen-bond acceptors (Lipinski definition) is 4. The molecule has 1 N–H and O–H groups in total. The molecule has 0 aliphatic heterocycles. The molecule has 6 heteroatoms. The van der Waals surface area contributed by atoms with Crippen LogP contribution in [0, 0.1) is 6.92 Å². The Labute approximate surface area is 200 Å². The molecule has 0 unspecified atom stereocenters. The van der Waals surface area contributed by atoms with Crippen molar-refractivity contribution in [2.75, 3.05) is 19.8 Å². The maximum atomic E-state index is 12.2. The number of rotatable bonds is 12. The van der Waals surface area contributed by atoms with Gasteiger partial charge in [0.15, 0.2) is 6.61 Å². The number of imidazole rings is 1. The number of ether oxygens (including phenoxy) is 2. The highest BCUT2D eigenvalue weighted by molar-refractivity contribution is 5.77. The zero-order valence-electron chi connectivity index (χ0n) is 19.6. The molecule has 3 aromatic carbocycles. The molecule has 4 aromatic rings. The van der Waals surface area contributed by atoms with E-state index >= 15 is 0 Å². The highest BCUT2D eigenvalue weighted by Gasteiger charge is 2.11. The summed E-state index contributed by atoms with van der Waals surface area (Å²) in [5.41, 5.74) is 3.30. The van der Waals surface area contributed by atoms with Crippen molar-refractivity contribution < 1.29 is 14.3 Å². The van der Waals surface area contributed by atoms with E-state index in [0.29, 0.717) is 25.3 Å². The van der Waals surface area contributed by atoms with Gasteiger partial charge in [0, 0.05) is 19.5 Å². The lowest BCUT2D eigenvalue weighted by Gasteiger charge is -2.11. The Hall–Kier alpha value is -3.80. The number of benzene rings is 3. The van der Waals surface area contributed by atoms with Crippen LogP contribution in [0.25, 0.3) is 11.0 Å². The molecular formula is C28H31N3O3. The topological polar surface area (TPSA) is 65.4 Å². The maximum Gasteiger partial charge on any atom is 0.257 e. The fourth-order valence-corrected chi connectivity index (χ4v) is 3.86. The zero-order valence-corrected chi connectivity index (χ0v) is 19.6. The number of unbranched alkanes of at least 4 members (excludes halogenated alkanes) is 1. The summed E-state index contributed by atoms with van der Waals surface area (Å²) in [5, 5.41) is 2.93. The first-order valence-corrected chi connectivity index (χ1v) is 11.8. The van der Waals surface area contributed by atoms with Gasteiger partial charge in [0.1, 0.15) is 17.3 Å². The molecule has 4 rings (SSSR count). The number of aryl methyl sites for hydroxylation is 2. The maximum absolute atomic E-state index is 12.2. The summed E-state index contributed by atoms with van der Waals surface area (Å²) >= 11 is 0. The van der Waals surface area contributed by atoms with Crippen LogP contribution in [-0.2, 0) is 17.8 Å². The van der Waals surface area contributed by atoms with Gasteiger partial charge in [-0.2, -0.15) is 0 Å². The molecule has 0 radical (unpaired) electrons. The smallest absolute Gasteiger partial charge is 0.257 e. The quantitative estimate of drug-likeness (QED) is 0.306. The van der Waals surface area contributed by atoms with Crippen LogP contribution in [0.3, 0.4) is 0 Å². The average molecular weight is 458 g/mol. The highest BCUT2D eigenvalue weighted by atomic mass is 16.5. The van der Waals surface area contributed by atoms with Crippen molar-refractivity contribution in [1.29, 1.82) is 0 Å². The molecule has 0 aliphatic carbocycles. The first-order valence-electron chi connectivity index (χ1n) is 11.8. The number of nitrogens with one attached hydrogen (secondary N) is 1. The number of carbonyl (C=O) groups is 1. The van der Waals surface area contributed by atoms with E-state index in [-0.39, 0.29) is 12.5 Å². The SMILES string of the molecule is Cc1cccc(OCCCCn2c(CCNC(=O)COc3ccccc3)nc3ccccc32)c1. The number of para-hydroxylation sites is 3. The van der Waals surface area contributed by atoms with Gasteiger partial charge in [0.25, 0.3) is 5.91 Å². The number of carbonyl (C=O) groups excluding carboxylic acids is 1. The third-order valence-corrected chi connectivity index (χ3v) is 5.55. The van der Waals surface area contributed by atoms with E-state index in [0.717, 1.165) is 42.0 Å².